The lowest BCUT2D eigenvalue weighted by molar-refractivity contribution is 0.0728. The van der Waals surface area contributed by atoms with E-state index in [1.807, 2.05) is 43.3 Å². The van der Waals surface area contributed by atoms with E-state index >= 15 is 0 Å². The summed E-state index contributed by atoms with van der Waals surface area (Å²) in [6.07, 6.45) is 1.48. The molecule has 6 nitrogen and oxygen atoms in total. The fraction of sp³-hybridized carbons (Fsp3) is 0.0741. The van der Waals surface area contributed by atoms with Crippen molar-refractivity contribution in [3.05, 3.63) is 106 Å². The molecule has 35 heavy (non-hydrogen) atoms. The number of fused-ring (bicyclic) bond motifs is 1. The third kappa shape index (κ3) is 5.80. The van der Waals surface area contributed by atoms with Gasteiger partial charge in [0.25, 0.3) is 5.91 Å². The van der Waals surface area contributed by atoms with Crippen molar-refractivity contribution in [1.82, 2.24) is 5.43 Å². The Morgan fingerprint density at radius 1 is 0.914 bits per heavy atom. The molecule has 1 amide bonds. The van der Waals surface area contributed by atoms with Crippen LogP contribution < -0.4 is 14.9 Å². The molecule has 0 saturated carbocycles. The highest BCUT2D eigenvalue weighted by molar-refractivity contribution is 6.36. The van der Waals surface area contributed by atoms with Gasteiger partial charge in [-0.25, -0.2) is 10.2 Å². The highest BCUT2D eigenvalue weighted by Crippen LogP contribution is 2.30. The van der Waals surface area contributed by atoms with Crippen LogP contribution in [0.15, 0.2) is 84.0 Å². The van der Waals surface area contributed by atoms with E-state index in [0.717, 1.165) is 10.8 Å². The predicted molar refractivity (Wildman–Crippen MR) is 138 cm³/mol. The number of amides is 1. The number of carbonyl (C=O) groups is 2. The third-order valence-corrected chi connectivity index (χ3v) is 5.58. The molecule has 0 unspecified atom stereocenters. The molecule has 0 spiro atoms. The molecule has 4 aromatic rings. The smallest absolute Gasteiger partial charge is 0.345 e. The van der Waals surface area contributed by atoms with E-state index in [9.17, 15) is 9.59 Å². The SMILES string of the molecule is CCOc1cc(/C=N/NC(=O)c2cccc3ccccc23)ccc1OC(=O)c1ccc(Cl)cc1Cl. The molecule has 8 heteroatoms. The van der Waals surface area contributed by atoms with Gasteiger partial charge in [0.15, 0.2) is 11.5 Å². The van der Waals surface area contributed by atoms with Crippen LogP contribution in [0.3, 0.4) is 0 Å². The molecule has 4 aromatic carbocycles. The van der Waals surface area contributed by atoms with Gasteiger partial charge >= 0.3 is 5.97 Å². The van der Waals surface area contributed by atoms with Gasteiger partial charge in [0.1, 0.15) is 0 Å². The fourth-order valence-corrected chi connectivity index (χ4v) is 3.90. The number of nitrogens with one attached hydrogen (secondary N) is 1. The number of hydrogen-bond donors (Lipinski definition) is 1. The summed E-state index contributed by atoms with van der Waals surface area (Å²) in [7, 11) is 0. The summed E-state index contributed by atoms with van der Waals surface area (Å²) >= 11 is 12.0. The minimum absolute atomic E-state index is 0.181. The summed E-state index contributed by atoms with van der Waals surface area (Å²) in [5.41, 5.74) is 3.89. The van der Waals surface area contributed by atoms with Crippen LogP contribution in [0.5, 0.6) is 11.5 Å². The lowest BCUT2D eigenvalue weighted by atomic mass is 10.0. The van der Waals surface area contributed by atoms with Gasteiger partial charge in [0.05, 0.1) is 23.4 Å². The standard InChI is InChI=1S/C27H20Cl2N2O4/c1-2-34-25-14-17(10-13-24(25)35-27(33)22-12-11-19(28)15-23(22)29)16-30-31-26(32)21-9-5-7-18-6-3-4-8-20(18)21/h3-16H,2H2,1H3,(H,31,32)/b30-16+. The molecule has 0 aromatic heterocycles. The Bertz CT molecular complexity index is 1430. The maximum atomic E-state index is 12.7. The average molecular weight is 507 g/mol. The molecular formula is C27H20Cl2N2O4. The number of rotatable bonds is 7. The second kappa shape index (κ2) is 11.0. The minimum Gasteiger partial charge on any atom is -0.490 e. The van der Waals surface area contributed by atoms with Crippen molar-refractivity contribution >= 4 is 52.1 Å². The molecular weight excluding hydrogens is 487 g/mol. The number of benzene rings is 4. The summed E-state index contributed by atoms with van der Waals surface area (Å²) in [4.78, 5) is 25.2. The second-order valence-corrected chi connectivity index (χ2v) is 8.22. The average Bonchev–Trinajstić information content (AvgIpc) is 2.85. The molecule has 0 atom stereocenters. The van der Waals surface area contributed by atoms with Gasteiger partial charge in [-0.05, 0) is 65.7 Å². The van der Waals surface area contributed by atoms with Crippen LogP contribution in [0.1, 0.15) is 33.2 Å². The largest absolute Gasteiger partial charge is 0.490 e. The first-order chi connectivity index (χ1) is 17.0. The lowest BCUT2D eigenvalue weighted by Crippen LogP contribution is -2.17. The molecule has 1 N–H and O–H groups in total. The van der Waals surface area contributed by atoms with E-state index in [1.54, 1.807) is 30.3 Å². The zero-order chi connectivity index (χ0) is 24.8. The van der Waals surface area contributed by atoms with Gasteiger partial charge in [-0.2, -0.15) is 5.10 Å². The molecule has 0 heterocycles. The topological polar surface area (TPSA) is 77.0 Å². The van der Waals surface area contributed by atoms with E-state index in [1.165, 1.54) is 18.3 Å². The number of hydrogen-bond acceptors (Lipinski definition) is 5. The van der Waals surface area contributed by atoms with Crippen LogP contribution in [0.2, 0.25) is 10.0 Å². The molecule has 0 saturated heterocycles. The van der Waals surface area contributed by atoms with Crippen LogP contribution in [-0.2, 0) is 0 Å². The van der Waals surface area contributed by atoms with Crippen molar-refractivity contribution in [1.29, 1.82) is 0 Å². The molecule has 176 valence electrons. The van der Waals surface area contributed by atoms with Crippen molar-refractivity contribution in [2.75, 3.05) is 6.61 Å². The number of hydrazone groups is 1. The molecule has 0 aliphatic carbocycles. The summed E-state index contributed by atoms with van der Waals surface area (Å²) in [5.74, 6) is -0.403. The monoisotopic (exact) mass is 506 g/mol. The first kappa shape index (κ1) is 24.3. The Balaban J connectivity index is 1.49. The Hall–Kier alpha value is -3.87. The number of halogens is 2. The minimum atomic E-state index is -0.642. The second-order valence-electron chi connectivity index (χ2n) is 7.38. The van der Waals surface area contributed by atoms with E-state index < -0.39 is 5.97 Å². The highest BCUT2D eigenvalue weighted by Gasteiger charge is 2.16. The zero-order valence-electron chi connectivity index (χ0n) is 18.6. The van der Waals surface area contributed by atoms with E-state index in [2.05, 4.69) is 10.5 Å². The summed E-state index contributed by atoms with van der Waals surface area (Å²) in [5, 5.41) is 6.48. The molecule has 0 bridgehead atoms. The van der Waals surface area contributed by atoms with Gasteiger partial charge in [-0.15, -0.1) is 0 Å². The van der Waals surface area contributed by atoms with E-state index in [4.69, 9.17) is 32.7 Å². The Morgan fingerprint density at radius 2 is 1.71 bits per heavy atom. The number of ether oxygens (including phenoxy) is 2. The number of nitrogens with zero attached hydrogens (tertiary/aromatic N) is 1. The molecule has 0 fully saturated rings. The van der Waals surface area contributed by atoms with Crippen molar-refractivity contribution in [2.45, 2.75) is 6.92 Å². The van der Waals surface area contributed by atoms with Gasteiger partial charge < -0.3 is 9.47 Å². The molecule has 0 radical (unpaired) electrons. The highest BCUT2D eigenvalue weighted by atomic mass is 35.5. The van der Waals surface area contributed by atoms with Gasteiger partial charge in [-0.1, -0.05) is 59.6 Å². The van der Waals surface area contributed by atoms with Gasteiger partial charge in [-0.3, -0.25) is 4.79 Å². The van der Waals surface area contributed by atoms with E-state index in [-0.39, 0.29) is 22.2 Å². The Morgan fingerprint density at radius 3 is 2.51 bits per heavy atom. The van der Waals surface area contributed by atoms with Gasteiger partial charge in [0, 0.05) is 10.6 Å². The fourth-order valence-electron chi connectivity index (χ4n) is 3.42. The Kier molecular flexibility index (Phi) is 7.65. The van der Waals surface area contributed by atoms with Crippen LogP contribution in [0.4, 0.5) is 0 Å². The number of carbonyl (C=O) groups excluding carboxylic acids is 2. The predicted octanol–water partition coefficient (Wildman–Crippen LogP) is 6.53. The summed E-state index contributed by atoms with van der Waals surface area (Å²) in [6.45, 7) is 2.16. The maximum absolute atomic E-state index is 12.7. The summed E-state index contributed by atoms with van der Waals surface area (Å²) < 4.78 is 11.1. The summed E-state index contributed by atoms with van der Waals surface area (Å²) in [6, 6.07) is 22.6. The van der Waals surface area contributed by atoms with Crippen molar-refractivity contribution in [3.63, 3.8) is 0 Å². The lowest BCUT2D eigenvalue weighted by Gasteiger charge is -2.12. The zero-order valence-corrected chi connectivity index (χ0v) is 20.1. The number of esters is 1. The molecule has 0 aliphatic heterocycles. The first-order valence-electron chi connectivity index (χ1n) is 10.7. The molecule has 4 rings (SSSR count). The van der Waals surface area contributed by atoms with E-state index in [0.29, 0.717) is 28.5 Å². The first-order valence-corrected chi connectivity index (χ1v) is 11.5. The van der Waals surface area contributed by atoms with Crippen LogP contribution in [0.25, 0.3) is 10.8 Å². The third-order valence-electron chi connectivity index (χ3n) is 5.04. The quantitative estimate of drug-likeness (QED) is 0.134. The van der Waals surface area contributed by atoms with Crippen molar-refractivity contribution in [3.8, 4) is 11.5 Å². The van der Waals surface area contributed by atoms with Gasteiger partial charge in [0.2, 0.25) is 0 Å². The van der Waals surface area contributed by atoms with Crippen LogP contribution >= 0.6 is 23.2 Å². The van der Waals surface area contributed by atoms with Crippen molar-refractivity contribution < 1.29 is 19.1 Å². The normalized spacial score (nSPS) is 10.9. The maximum Gasteiger partial charge on any atom is 0.345 e. The van der Waals surface area contributed by atoms with Crippen molar-refractivity contribution in [2.24, 2.45) is 5.10 Å². The van der Waals surface area contributed by atoms with Crippen LogP contribution in [0, 0.1) is 0 Å². The van der Waals surface area contributed by atoms with Crippen LogP contribution in [-0.4, -0.2) is 24.7 Å². The molecule has 0 aliphatic rings. The Labute approximate surface area is 212 Å².